The fourth-order valence-corrected chi connectivity index (χ4v) is 1.13. The highest BCUT2D eigenvalue weighted by molar-refractivity contribution is 5.35. The van der Waals surface area contributed by atoms with Crippen LogP contribution >= 0.6 is 0 Å². The second kappa shape index (κ2) is 5.69. The summed E-state index contributed by atoms with van der Waals surface area (Å²) in [5.74, 6) is -3.97. The molecule has 1 aromatic rings. The molecule has 0 aliphatic carbocycles. The molecule has 0 bridgehead atoms. The average molecular weight is 234 g/mol. The first kappa shape index (κ1) is 12.8. The molecule has 1 aromatic heterocycles. The first-order valence-corrected chi connectivity index (χ1v) is 4.98. The van der Waals surface area contributed by atoms with Crippen molar-refractivity contribution in [2.24, 2.45) is 0 Å². The lowest BCUT2D eigenvalue weighted by atomic mass is 10.2. The van der Waals surface area contributed by atoms with Crippen molar-refractivity contribution in [1.29, 1.82) is 0 Å². The number of anilines is 1. The summed E-state index contributed by atoms with van der Waals surface area (Å²) in [4.78, 5) is 3.09. The van der Waals surface area contributed by atoms with Crippen LogP contribution in [0, 0.1) is 17.6 Å². The zero-order valence-electron chi connectivity index (χ0n) is 8.80. The van der Waals surface area contributed by atoms with E-state index in [2.05, 4.69) is 10.3 Å². The van der Waals surface area contributed by atoms with Gasteiger partial charge >= 0.3 is 0 Å². The first-order valence-electron chi connectivity index (χ1n) is 4.98. The molecule has 6 heteroatoms. The molecule has 0 amide bonds. The zero-order chi connectivity index (χ0) is 12.1. The third kappa shape index (κ3) is 3.37. The van der Waals surface area contributed by atoms with Gasteiger partial charge in [-0.3, -0.25) is 0 Å². The molecular formula is C10H13F3N2O. The minimum Gasteiger partial charge on any atom is -0.393 e. The van der Waals surface area contributed by atoms with Gasteiger partial charge in [0.1, 0.15) is 0 Å². The number of hydrogen-bond donors (Lipinski definition) is 2. The van der Waals surface area contributed by atoms with Gasteiger partial charge in [-0.05, 0) is 12.8 Å². The highest BCUT2D eigenvalue weighted by Gasteiger charge is 2.11. The quantitative estimate of drug-likeness (QED) is 0.766. The highest BCUT2D eigenvalue weighted by atomic mass is 19.2. The van der Waals surface area contributed by atoms with Gasteiger partial charge in [-0.15, -0.1) is 0 Å². The Kier molecular flexibility index (Phi) is 4.54. The maximum Gasteiger partial charge on any atom is 0.251 e. The summed E-state index contributed by atoms with van der Waals surface area (Å²) in [6.45, 7) is 2.05. The van der Waals surface area contributed by atoms with Crippen LogP contribution in [0.1, 0.15) is 19.8 Å². The molecule has 0 saturated carbocycles. The highest BCUT2D eigenvalue weighted by Crippen LogP contribution is 2.14. The summed E-state index contributed by atoms with van der Waals surface area (Å²) in [7, 11) is 0. The van der Waals surface area contributed by atoms with E-state index in [1.807, 2.05) is 0 Å². The van der Waals surface area contributed by atoms with Crippen LogP contribution < -0.4 is 5.32 Å². The van der Waals surface area contributed by atoms with E-state index in [4.69, 9.17) is 0 Å². The van der Waals surface area contributed by atoms with E-state index in [0.717, 1.165) is 0 Å². The van der Waals surface area contributed by atoms with E-state index in [1.54, 1.807) is 6.92 Å². The van der Waals surface area contributed by atoms with Crippen molar-refractivity contribution in [3.63, 3.8) is 0 Å². The smallest absolute Gasteiger partial charge is 0.251 e. The molecule has 3 nitrogen and oxygen atoms in total. The lowest BCUT2D eigenvalue weighted by molar-refractivity contribution is 0.164. The molecule has 0 saturated heterocycles. The average Bonchev–Trinajstić information content (AvgIpc) is 2.25. The monoisotopic (exact) mass is 234 g/mol. The largest absolute Gasteiger partial charge is 0.393 e. The summed E-state index contributed by atoms with van der Waals surface area (Å²) in [5, 5.41) is 11.7. The van der Waals surface area contributed by atoms with Crippen molar-refractivity contribution in [2.45, 2.75) is 25.9 Å². The van der Waals surface area contributed by atoms with Gasteiger partial charge in [-0.1, -0.05) is 6.92 Å². The molecule has 0 aromatic carbocycles. The van der Waals surface area contributed by atoms with Gasteiger partial charge in [0.25, 0.3) is 5.95 Å². The Hall–Kier alpha value is -1.30. The number of aliphatic hydroxyl groups is 1. The first-order chi connectivity index (χ1) is 7.54. The van der Waals surface area contributed by atoms with E-state index >= 15 is 0 Å². The molecule has 1 heterocycles. The molecule has 16 heavy (non-hydrogen) atoms. The molecular weight excluding hydrogens is 221 g/mol. The Balaban J connectivity index is 2.57. The molecule has 1 unspecified atom stereocenters. The lowest BCUT2D eigenvalue weighted by Gasteiger charge is -2.09. The van der Waals surface area contributed by atoms with Gasteiger partial charge in [-0.2, -0.15) is 9.37 Å². The van der Waals surface area contributed by atoms with Gasteiger partial charge in [-0.25, -0.2) is 8.78 Å². The standard InChI is InChI=1S/C10H13F3N2O/c1-2-6(16)3-4-14-10-8(12)5-7(11)9(13)15-10/h5-6,16H,2-4H2,1H3,(H,14,15). The fourth-order valence-electron chi connectivity index (χ4n) is 1.13. The maximum atomic E-state index is 13.0. The third-order valence-corrected chi connectivity index (χ3v) is 2.13. The van der Waals surface area contributed by atoms with Crippen molar-refractivity contribution < 1.29 is 18.3 Å². The second-order valence-electron chi connectivity index (χ2n) is 3.37. The summed E-state index contributed by atoms with van der Waals surface area (Å²) in [6, 6.07) is 0.431. The van der Waals surface area contributed by atoms with Crippen molar-refractivity contribution in [3.8, 4) is 0 Å². The van der Waals surface area contributed by atoms with Crippen LogP contribution in [0.25, 0.3) is 0 Å². The van der Waals surface area contributed by atoms with E-state index in [9.17, 15) is 18.3 Å². The summed E-state index contributed by atoms with van der Waals surface area (Å²) in [5.41, 5.74) is 0. The Labute approximate surface area is 91.3 Å². The third-order valence-electron chi connectivity index (χ3n) is 2.13. The molecule has 0 spiro atoms. The molecule has 0 aliphatic rings. The number of aromatic nitrogens is 1. The number of nitrogens with one attached hydrogen (secondary N) is 1. The van der Waals surface area contributed by atoms with Crippen LogP contribution in [0.4, 0.5) is 19.0 Å². The number of rotatable bonds is 5. The van der Waals surface area contributed by atoms with Crippen LogP contribution in [0.3, 0.4) is 0 Å². The molecule has 1 rings (SSSR count). The Bertz CT molecular complexity index is 360. The second-order valence-corrected chi connectivity index (χ2v) is 3.37. The Morgan fingerprint density at radius 1 is 1.38 bits per heavy atom. The van der Waals surface area contributed by atoms with Crippen LogP contribution in [-0.4, -0.2) is 22.7 Å². The van der Waals surface area contributed by atoms with Crippen molar-refractivity contribution >= 4 is 5.82 Å². The predicted molar refractivity (Wildman–Crippen MR) is 53.5 cm³/mol. The number of nitrogens with zero attached hydrogens (tertiary/aromatic N) is 1. The molecule has 90 valence electrons. The van der Waals surface area contributed by atoms with Crippen LogP contribution in [-0.2, 0) is 0 Å². The summed E-state index contributed by atoms with van der Waals surface area (Å²) >= 11 is 0. The molecule has 0 aliphatic heterocycles. The van der Waals surface area contributed by atoms with Gasteiger partial charge < -0.3 is 10.4 Å². The molecule has 0 radical (unpaired) electrons. The topological polar surface area (TPSA) is 45.1 Å². The molecule has 0 fully saturated rings. The normalized spacial score (nSPS) is 12.6. The van der Waals surface area contributed by atoms with Crippen LogP contribution in [0.5, 0.6) is 0 Å². The van der Waals surface area contributed by atoms with E-state index in [1.165, 1.54) is 0 Å². The van der Waals surface area contributed by atoms with Gasteiger partial charge in [0, 0.05) is 12.6 Å². The number of pyridine rings is 1. The van der Waals surface area contributed by atoms with Gasteiger partial charge in [0.05, 0.1) is 6.10 Å². The van der Waals surface area contributed by atoms with Crippen molar-refractivity contribution in [1.82, 2.24) is 4.98 Å². The lowest BCUT2D eigenvalue weighted by Crippen LogP contribution is -2.14. The summed E-state index contributed by atoms with van der Waals surface area (Å²) in [6.07, 6.45) is 0.465. The molecule has 1 atom stereocenters. The minimum atomic E-state index is -1.35. The van der Waals surface area contributed by atoms with E-state index < -0.39 is 23.7 Å². The summed E-state index contributed by atoms with van der Waals surface area (Å²) < 4.78 is 38.2. The van der Waals surface area contributed by atoms with Gasteiger partial charge in [0.2, 0.25) is 0 Å². The SMILES string of the molecule is CCC(O)CCNc1nc(F)c(F)cc1F. The maximum absolute atomic E-state index is 13.0. The number of hydrogen-bond acceptors (Lipinski definition) is 3. The Morgan fingerprint density at radius 2 is 2.06 bits per heavy atom. The number of aliphatic hydroxyl groups excluding tert-OH is 1. The Morgan fingerprint density at radius 3 is 2.69 bits per heavy atom. The van der Waals surface area contributed by atoms with E-state index in [-0.39, 0.29) is 12.4 Å². The van der Waals surface area contributed by atoms with Crippen molar-refractivity contribution in [2.75, 3.05) is 11.9 Å². The van der Waals surface area contributed by atoms with Crippen LogP contribution in [0.2, 0.25) is 0 Å². The van der Waals surface area contributed by atoms with E-state index in [0.29, 0.717) is 18.9 Å². The fraction of sp³-hybridized carbons (Fsp3) is 0.500. The zero-order valence-corrected chi connectivity index (χ0v) is 8.80. The van der Waals surface area contributed by atoms with Crippen LogP contribution in [0.15, 0.2) is 6.07 Å². The number of halogens is 3. The van der Waals surface area contributed by atoms with Gasteiger partial charge in [0.15, 0.2) is 17.5 Å². The minimum absolute atomic E-state index is 0.240. The predicted octanol–water partition coefficient (Wildman–Crippen LogP) is 2.07. The molecule has 2 N–H and O–H groups in total. The van der Waals surface area contributed by atoms with Crippen molar-refractivity contribution in [3.05, 3.63) is 23.6 Å².